The number of benzene rings is 1. The molecule has 2 aliphatic heterocycles. The first-order chi connectivity index (χ1) is 15.3. The Kier molecular flexibility index (Phi) is 4.91. The standard InChI is InChI=1S/C23H18ClN5O2S/c1-12-6-7-16(11-18(12)24)28-13(2)9-15(14(28)3)10-17-20(25)29-23(26-21(17)30)32-22(27-29)19-5-4-8-31-19/h4-11,25H,1-3H3/b17-10+,25-20?. The van der Waals surface area contributed by atoms with Gasteiger partial charge in [-0.3, -0.25) is 10.2 Å². The van der Waals surface area contributed by atoms with Crippen LogP contribution in [-0.4, -0.2) is 31.5 Å². The predicted molar refractivity (Wildman–Crippen MR) is 128 cm³/mol. The first-order valence-electron chi connectivity index (χ1n) is 9.83. The number of rotatable bonds is 3. The highest BCUT2D eigenvalue weighted by Gasteiger charge is 2.36. The lowest BCUT2D eigenvalue weighted by atomic mass is 10.1. The maximum absolute atomic E-state index is 12.8. The van der Waals surface area contributed by atoms with E-state index < -0.39 is 5.91 Å². The van der Waals surface area contributed by atoms with E-state index >= 15 is 0 Å². The molecule has 1 amide bonds. The number of hydrogen-bond acceptors (Lipinski definition) is 5. The van der Waals surface area contributed by atoms with E-state index in [1.165, 1.54) is 16.8 Å². The summed E-state index contributed by atoms with van der Waals surface area (Å²) in [6.07, 6.45) is 3.25. The third kappa shape index (κ3) is 3.32. The van der Waals surface area contributed by atoms with Crippen LogP contribution >= 0.6 is 23.4 Å². The van der Waals surface area contributed by atoms with Gasteiger partial charge in [-0.25, -0.2) is 0 Å². The molecule has 5 rings (SSSR count). The van der Waals surface area contributed by atoms with Gasteiger partial charge in [0.15, 0.2) is 16.6 Å². The van der Waals surface area contributed by atoms with Gasteiger partial charge in [-0.15, -0.1) is 0 Å². The normalized spacial score (nSPS) is 17.1. The van der Waals surface area contributed by atoms with Crippen molar-refractivity contribution in [3.63, 3.8) is 0 Å². The van der Waals surface area contributed by atoms with Crippen molar-refractivity contribution in [1.82, 2.24) is 9.58 Å². The molecule has 1 N–H and O–H groups in total. The molecular formula is C23H18ClN5O2S. The second-order valence-corrected chi connectivity index (χ2v) is 8.86. The first-order valence-corrected chi connectivity index (χ1v) is 11.0. The minimum atomic E-state index is -0.465. The fourth-order valence-corrected chi connectivity index (χ4v) is 4.73. The van der Waals surface area contributed by atoms with Gasteiger partial charge >= 0.3 is 0 Å². The Bertz CT molecular complexity index is 1380. The third-order valence-electron chi connectivity index (χ3n) is 5.37. The van der Waals surface area contributed by atoms with Gasteiger partial charge in [-0.05, 0) is 80.1 Å². The second-order valence-electron chi connectivity index (χ2n) is 7.50. The summed E-state index contributed by atoms with van der Waals surface area (Å²) < 4.78 is 7.45. The number of aryl methyl sites for hydroxylation is 2. The molecule has 0 aliphatic carbocycles. The Labute approximate surface area is 193 Å². The summed E-state index contributed by atoms with van der Waals surface area (Å²) in [6, 6.07) is 11.4. The predicted octanol–water partition coefficient (Wildman–Crippen LogP) is 5.32. The molecule has 0 bridgehead atoms. The Morgan fingerprint density at radius 3 is 2.72 bits per heavy atom. The SMILES string of the molecule is Cc1ccc(-n2c(C)cc(/C=C3\C(=N)N4N=C(c5ccco5)SC4=NC3=O)c2C)cc1Cl. The molecule has 2 aromatic heterocycles. The van der Waals surface area contributed by atoms with Crippen molar-refractivity contribution in [3.05, 3.63) is 81.5 Å². The first kappa shape index (κ1) is 20.5. The van der Waals surface area contributed by atoms with Gasteiger partial charge < -0.3 is 8.98 Å². The number of carbonyl (C=O) groups is 1. The van der Waals surface area contributed by atoms with Gasteiger partial charge in [0.25, 0.3) is 5.91 Å². The largest absolute Gasteiger partial charge is 0.462 e. The molecule has 7 nitrogen and oxygen atoms in total. The van der Waals surface area contributed by atoms with Gasteiger partial charge in [0.2, 0.25) is 5.17 Å². The number of thioether (sulfide) groups is 1. The zero-order chi connectivity index (χ0) is 22.6. The summed E-state index contributed by atoms with van der Waals surface area (Å²) in [5.74, 6) is 0.0863. The summed E-state index contributed by atoms with van der Waals surface area (Å²) in [5, 5.41) is 16.0. The van der Waals surface area contributed by atoms with Crippen LogP contribution in [0, 0.1) is 26.2 Å². The van der Waals surface area contributed by atoms with E-state index in [1.807, 2.05) is 45.0 Å². The monoisotopic (exact) mass is 463 g/mol. The van der Waals surface area contributed by atoms with E-state index in [9.17, 15) is 4.79 Å². The Balaban J connectivity index is 1.53. The van der Waals surface area contributed by atoms with Crippen molar-refractivity contribution in [1.29, 1.82) is 5.41 Å². The number of nitrogens with zero attached hydrogens (tertiary/aromatic N) is 4. The number of furan rings is 1. The molecule has 0 saturated heterocycles. The number of aromatic nitrogens is 1. The molecule has 32 heavy (non-hydrogen) atoms. The summed E-state index contributed by atoms with van der Waals surface area (Å²) in [6.45, 7) is 5.92. The molecule has 1 aromatic carbocycles. The minimum absolute atomic E-state index is 0.0164. The van der Waals surface area contributed by atoms with E-state index in [0.29, 0.717) is 21.0 Å². The molecule has 9 heteroatoms. The van der Waals surface area contributed by atoms with Crippen LogP contribution in [0.2, 0.25) is 5.02 Å². The smallest absolute Gasteiger partial charge is 0.283 e. The van der Waals surface area contributed by atoms with Crippen LogP contribution in [0.25, 0.3) is 11.8 Å². The van der Waals surface area contributed by atoms with Gasteiger partial charge in [-0.1, -0.05) is 17.7 Å². The average Bonchev–Trinajstić information content (AvgIpc) is 3.47. The van der Waals surface area contributed by atoms with Crippen molar-refractivity contribution in [2.75, 3.05) is 0 Å². The quantitative estimate of drug-likeness (QED) is 0.533. The lowest BCUT2D eigenvalue weighted by Gasteiger charge is -2.20. The van der Waals surface area contributed by atoms with Gasteiger partial charge in [0.1, 0.15) is 0 Å². The van der Waals surface area contributed by atoms with Crippen LogP contribution in [0.3, 0.4) is 0 Å². The van der Waals surface area contributed by atoms with E-state index in [4.69, 9.17) is 21.4 Å². The summed E-state index contributed by atoms with van der Waals surface area (Å²) in [4.78, 5) is 16.9. The number of amidine groups is 2. The molecule has 0 radical (unpaired) electrons. The van der Waals surface area contributed by atoms with Crippen LogP contribution in [0.15, 0.2) is 62.7 Å². The van der Waals surface area contributed by atoms with E-state index in [0.717, 1.165) is 28.2 Å². The molecule has 0 saturated carbocycles. The molecule has 160 valence electrons. The van der Waals surface area contributed by atoms with Gasteiger partial charge in [0.05, 0.1) is 11.8 Å². The average molecular weight is 464 g/mol. The lowest BCUT2D eigenvalue weighted by molar-refractivity contribution is -0.114. The Morgan fingerprint density at radius 2 is 2.00 bits per heavy atom. The molecule has 0 unspecified atom stereocenters. The maximum atomic E-state index is 12.8. The number of hydrazone groups is 1. The number of halogens is 1. The third-order valence-corrected chi connectivity index (χ3v) is 6.70. The number of aliphatic imine (C=N–C) groups is 1. The Hall–Kier alpha value is -3.36. The molecular weight excluding hydrogens is 446 g/mol. The van der Waals surface area contributed by atoms with Crippen LogP contribution in [-0.2, 0) is 4.79 Å². The van der Waals surface area contributed by atoms with Crippen molar-refractivity contribution in [2.45, 2.75) is 20.8 Å². The topological polar surface area (TPSA) is 86.9 Å². The van der Waals surface area contributed by atoms with Gasteiger partial charge in [-0.2, -0.15) is 15.1 Å². The highest BCUT2D eigenvalue weighted by molar-refractivity contribution is 8.27. The molecule has 3 aromatic rings. The van der Waals surface area contributed by atoms with Gasteiger partial charge in [0, 0.05) is 22.1 Å². The van der Waals surface area contributed by atoms with Crippen molar-refractivity contribution >= 4 is 51.4 Å². The van der Waals surface area contributed by atoms with E-state index in [-0.39, 0.29) is 11.4 Å². The zero-order valence-corrected chi connectivity index (χ0v) is 19.1. The molecule has 0 spiro atoms. The summed E-state index contributed by atoms with van der Waals surface area (Å²) >= 11 is 7.53. The van der Waals surface area contributed by atoms with Crippen molar-refractivity contribution in [2.24, 2.45) is 10.1 Å². The molecule has 2 aliphatic rings. The van der Waals surface area contributed by atoms with Crippen LogP contribution < -0.4 is 0 Å². The highest BCUT2D eigenvalue weighted by Crippen LogP contribution is 2.32. The highest BCUT2D eigenvalue weighted by atomic mass is 35.5. The summed E-state index contributed by atoms with van der Waals surface area (Å²) in [7, 11) is 0. The van der Waals surface area contributed by atoms with Crippen LogP contribution in [0.4, 0.5) is 0 Å². The van der Waals surface area contributed by atoms with Crippen LogP contribution in [0.1, 0.15) is 28.3 Å². The Morgan fingerprint density at radius 1 is 1.19 bits per heavy atom. The van der Waals surface area contributed by atoms with Crippen LogP contribution in [0.5, 0.6) is 0 Å². The summed E-state index contributed by atoms with van der Waals surface area (Å²) in [5.41, 5.74) is 4.88. The lowest BCUT2D eigenvalue weighted by Crippen LogP contribution is -2.35. The van der Waals surface area contributed by atoms with E-state index in [2.05, 4.69) is 14.7 Å². The number of amides is 1. The molecule has 4 heterocycles. The number of fused-ring (bicyclic) bond motifs is 1. The number of carbonyl (C=O) groups excluding carboxylic acids is 1. The maximum Gasteiger partial charge on any atom is 0.283 e. The second kappa shape index (κ2) is 7.65. The fraction of sp³-hybridized carbons (Fsp3) is 0.130. The van der Waals surface area contributed by atoms with E-state index in [1.54, 1.807) is 24.5 Å². The minimum Gasteiger partial charge on any atom is -0.462 e. The zero-order valence-electron chi connectivity index (χ0n) is 17.5. The molecule has 0 atom stereocenters. The number of nitrogens with one attached hydrogen (secondary N) is 1. The number of hydrogen-bond donors (Lipinski definition) is 1. The molecule has 0 fully saturated rings. The van der Waals surface area contributed by atoms with Crippen molar-refractivity contribution in [3.8, 4) is 5.69 Å². The fourth-order valence-electron chi connectivity index (χ4n) is 3.70. The van der Waals surface area contributed by atoms with Crippen molar-refractivity contribution < 1.29 is 9.21 Å².